The third-order valence-corrected chi connectivity index (χ3v) is 10.7. The Balaban J connectivity index is 1.56. The molecule has 1 aromatic rings. The highest BCUT2D eigenvalue weighted by Gasteiger charge is 2.70. The number of rotatable bonds is 4. The first-order valence-corrected chi connectivity index (χ1v) is 16.1. The topological polar surface area (TPSA) is 38.7 Å². The Morgan fingerprint density at radius 2 is 1.97 bits per heavy atom. The van der Waals surface area contributed by atoms with E-state index in [2.05, 4.69) is 51.7 Å². The first kappa shape index (κ1) is 22.0. The van der Waals surface area contributed by atoms with Gasteiger partial charge < -0.3 is 14.3 Å². The van der Waals surface area contributed by atoms with Crippen molar-refractivity contribution in [1.29, 1.82) is 0 Å². The van der Waals surface area contributed by atoms with Crippen LogP contribution in [0.4, 0.5) is 0 Å². The Morgan fingerprint density at radius 3 is 2.65 bits per heavy atom. The molecule has 172 valence electrons. The van der Waals surface area contributed by atoms with Crippen molar-refractivity contribution in [2.24, 2.45) is 29.1 Å². The number of aliphatic hydroxyl groups is 1. The van der Waals surface area contributed by atoms with E-state index in [1.54, 1.807) is 12.7 Å². The highest BCUT2D eigenvalue weighted by molar-refractivity contribution is 6.69. The van der Waals surface area contributed by atoms with E-state index in [-0.39, 0.29) is 17.1 Å². The number of hydrogen-bond acceptors (Lipinski definition) is 3. The van der Waals surface area contributed by atoms with Gasteiger partial charge >= 0.3 is 0 Å². The number of benzene rings is 1. The van der Waals surface area contributed by atoms with Gasteiger partial charge in [-0.1, -0.05) is 26.3 Å². The Bertz CT molecular complexity index is 847. The van der Waals surface area contributed by atoms with E-state index in [4.69, 9.17) is 9.16 Å². The van der Waals surface area contributed by atoms with E-state index in [1.165, 1.54) is 37.7 Å². The van der Waals surface area contributed by atoms with Crippen molar-refractivity contribution in [3.8, 4) is 5.75 Å². The number of aliphatic hydroxyl groups excluding tert-OH is 1. The van der Waals surface area contributed by atoms with Crippen LogP contribution in [0.15, 0.2) is 18.2 Å². The van der Waals surface area contributed by atoms with Gasteiger partial charge in [0.05, 0.1) is 18.8 Å². The van der Waals surface area contributed by atoms with Crippen molar-refractivity contribution in [2.45, 2.75) is 96.1 Å². The number of hydrogen-bond donors (Lipinski definition) is 1. The molecule has 0 aromatic heterocycles. The highest BCUT2D eigenvalue weighted by atomic mass is 28.4. The minimum Gasteiger partial charge on any atom is -0.497 e. The third-order valence-electron chi connectivity index (χ3n) is 9.77. The molecule has 0 aliphatic heterocycles. The van der Waals surface area contributed by atoms with Gasteiger partial charge in [0.25, 0.3) is 0 Å². The van der Waals surface area contributed by atoms with E-state index in [1.807, 2.05) is 0 Å². The lowest BCUT2D eigenvalue weighted by Crippen LogP contribution is -2.57. The van der Waals surface area contributed by atoms with Crippen LogP contribution in [0.5, 0.6) is 5.75 Å². The molecule has 31 heavy (non-hydrogen) atoms. The predicted octanol–water partition coefficient (Wildman–Crippen LogP) is 6.16. The van der Waals surface area contributed by atoms with Crippen molar-refractivity contribution in [3.05, 3.63) is 29.3 Å². The first-order valence-electron chi connectivity index (χ1n) is 12.7. The molecular formula is C27H42O3Si. The van der Waals surface area contributed by atoms with Gasteiger partial charge in [0, 0.05) is 6.42 Å². The summed E-state index contributed by atoms with van der Waals surface area (Å²) in [5, 5.41) is 10.7. The van der Waals surface area contributed by atoms with Crippen LogP contribution in [0.1, 0.15) is 69.4 Å². The quantitative estimate of drug-likeness (QED) is 0.568. The first-order chi connectivity index (χ1) is 14.6. The summed E-state index contributed by atoms with van der Waals surface area (Å²) in [6.07, 6.45) is 7.79. The van der Waals surface area contributed by atoms with Crippen LogP contribution in [0.2, 0.25) is 19.6 Å². The van der Waals surface area contributed by atoms with Crippen LogP contribution in [0, 0.1) is 29.1 Å². The van der Waals surface area contributed by atoms with E-state index in [0.717, 1.165) is 30.4 Å². The molecule has 3 saturated carbocycles. The second-order valence-electron chi connectivity index (χ2n) is 12.3. The molecule has 4 aliphatic carbocycles. The van der Waals surface area contributed by atoms with Crippen molar-refractivity contribution in [1.82, 2.24) is 0 Å². The average molecular weight is 443 g/mol. The Hall–Kier alpha value is -0.843. The number of fused-ring (bicyclic) bond motifs is 7. The van der Waals surface area contributed by atoms with Crippen molar-refractivity contribution in [2.75, 3.05) is 7.11 Å². The van der Waals surface area contributed by atoms with Crippen LogP contribution in [0.25, 0.3) is 0 Å². The van der Waals surface area contributed by atoms with Gasteiger partial charge in [0.1, 0.15) is 5.75 Å². The zero-order chi connectivity index (χ0) is 22.2. The molecule has 1 aromatic carbocycles. The van der Waals surface area contributed by atoms with Gasteiger partial charge in [0.2, 0.25) is 0 Å². The van der Waals surface area contributed by atoms with Crippen molar-refractivity contribution < 1.29 is 14.3 Å². The number of methoxy groups -OCH3 is 1. The molecular weight excluding hydrogens is 400 g/mol. The van der Waals surface area contributed by atoms with Gasteiger partial charge in [-0.3, -0.25) is 0 Å². The van der Waals surface area contributed by atoms with E-state index >= 15 is 0 Å². The summed E-state index contributed by atoms with van der Waals surface area (Å²) in [5.41, 5.74) is 3.20. The van der Waals surface area contributed by atoms with Crippen LogP contribution in [-0.4, -0.2) is 32.2 Å². The molecule has 4 heteroatoms. The van der Waals surface area contributed by atoms with Gasteiger partial charge in [-0.25, -0.2) is 0 Å². The fourth-order valence-electron chi connectivity index (χ4n) is 8.78. The summed E-state index contributed by atoms with van der Waals surface area (Å²) in [6, 6.07) is 6.84. The lowest BCUT2D eigenvalue weighted by Gasteiger charge is -2.57. The second kappa shape index (κ2) is 7.33. The molecule has 1 N–H and O–H groups in total. The molecule has 0 spiro atoms. The summed E-state index contributed by atoms with van der Waals surface area (Å²) >= 11 is 0. The van der Waals surface area contributed by atoms with Gasteiger partial charge in [-0.15, -0.1) is 0 Å². The summed E-state index contributed by atoms with van der Waals surface area (Å²) in [7, 11) is 0.0458. The maximum Gasteiger partial charge on any atom is 0.184 e. The summed E-state index contributed by atoms with van der Waals surface area (Å²) < 4.78 is 12.7. The lowest BCUT2D eigenvalue weighted by atomic mass is 9.50. The minimum absolute atomic E-state index is 0.106. The standard InChI is InChI=1S/C27H42O3Si/c1-7-17-12-18-13-21(29-3)8-9-22(18)23-10-11-26(2)24(25(17)23)15-19-14-20(28)16-27(19,26)30-31(4,5)6/h8-9,13,17,19-20,23-25,28H,7,10-12,14-16H2,1-6H3/t17-,19-,20-,23?,24?,25?,26+,27+/m1/s1. The minimum atomic E-state index is -1.73. The fourth-order valence-corrected chi connectivity index (χ4v) is 10.4. The zero-order valence-electron chi connectivity index (χ0n) is 20.4. The molecule has 5 rings (SSSR count). The van der Waals surface area contributed by atoms with E-state index in [9.17, 15) is 5.11 Å². The van der Waals surface area contributed by atoms with E-state index in [0.29, 0.717) is 17.8 Å². The Labute approximate surface area is 190 Å². The molecule has 0 bridgehead atoms. The summed E-state index contributed by atoms with van der Waals surface area (Å²) in [5.74, 6) is 4.39. The molecule has 3 nitrogen and oxygen atoms in total. The summed E-state index contributed by atoms with van der Waals surface area (Å²) in [4.78, 5) is 0. The zero-order valence-corrected chi connectivity index (χ0v) is 21.4. The largest absolute Gasteiger partial charge is 0.497 e. The maximum atomic E-state index is 10.7. The molecule has 3 fully saturated rings. The molecule has 8 atom stereocenters. The Morgan fingerprint density at radius 1 is 1.19 bits per heavy atom. The van der Waals surface area contributed by atoms with Crippen LogP contribution < -0.4 is 4.74 Å². The molecule has 3 unspecified atom stereocenters. The number of ether oxygens (including phenoxy) is 1. The third kappa shape index (κ3) is 3.19. The van der Waals surface area contributed by atoms with Gasteiger partial charge in [0.15, 0.2) is 8.32 Å². The molecule has 0 heterocycles. The summed E-state index contributed by atoms with van der Waals surface area (Å²) in [6.45, 7) is 12.0. The highest BCUT2D eigenvalue weighted by Crippen LogP contribution is 2.71. The molecule has 0 radical (unpaired) electrons. The SMILES string of the molecule is CC[C@@H]1Cc2cc(OC)ccc2C2CC[C@@]3(C)C(C[C@H]4C[C@@H](O)C[C@]43O[Si](C)(C)C)C21. The average Bonchev–Trinajstić information content (AvgIpc) is 3.13. The Kier molecular flexibility index (Phi) is 5.20. The molecule has 4 aliphatic rings. The predicted molar refractivity (Wildman–Crippen MR) is 128 cm³/mol. The smallest absolute Gasteiger partial charge is 0.184 e. The molecule has 0 saturated heterocycles. The monoisotopic (exact) mass is 442 g/mol. The van der Waals surface area contributed by atoms with Crippen molar-refractivity contribution in [3.63, 3.8) is 0 Å². The van der Waals surface area contributed by atoms with Crippen LogP contribution in [0.3, 0.4) is 0 Å². The fraction of sp³-hybridized carbons (Fsp3) is 0.778. The van der Waals surface area contributed by atoms with Crippen molar-refractivity contribution >= 4 is 8.32 Å². The lowest BCUT2D eigenvalue weighted by molar-refractivity contribution is -0.110. The van der Waals surface area contributed by atoms with E-state index < -0.39 is 8.32 Å². The second-order valence-corrected chi connectivity index (χ2v) is 16.7. The van der Waals surface area contributed by atoms with Gasteiger partial charge in [-0.2, -0.15) is 0 Å². The maximum absolute atomic E-state index is 10.7. The van der Waals surface area contributed by atoms with Gasteiger partial charge in [-0.05, 0) is 110 Å². The van der Waals surface area contributed by atoms with Crippen LogP contribution in [-0.2, 0) is 10.8 Å². The normalized spacial score (nSPS) is 43.7. The molecule has 0 amide bonds. The van der Waals surface area contributed by atoms with Crippen LogP contribution >= 0.6 is 0 Å².